The van der Waals surface area contributed by atoms with Crippen molar-refractivity contribution in [1.29, 1.82) is 0 Å². The van der Waals surface area contributed by atoms with Crippen LogP contribution in [0.3, 0.4) is 0 Å². The van der Waals surface area contributed by atoms with Gasteiger partial charge in [-0.05, 0) is 32.9 Å². The Morgan fingerprint density at radius 2 is 2.00 bits per heavy atom. The van der Waals surface area contributed by atoms with Gasteiger partial charge in [-0.1, -0.05) is 17.7 Å². The van der Waals surface area contributed by atoms with E-state index in [0.29, 0.717) is 11.4 Å². The lowest BCUT2D eigenvalue weighted by molar-refractivity contribution is -0.146. The molecule has 0 aliphatic heterocycles. The molecule has 26 heavy (non-hydrogen) atoms. The normalized spacial score (nSPS) is 10.5. The summed E-state index contributed by atoms with van der Waals surface area (Å²) in [6.45, 7) is 4.97. The van der Waals surface area contributed by atoms with Gasteiger partial charge in [0.15, 0.2) is 6.61 Å². The Labute approximate surface area is 151 Å². The van der Waals surface area contributed by atoms with Gasteiger partial charge in [-0.3, -0.25) is 14.4 Å². The smallest absolute Gasteiger partial charge is 0.325 e. The van der Waals surface area contributed by atoms with Crippen LogP contribution in [-0.4, -0.2) is 40.7 Å². The topological polar surface area (TPSA) is 102 Å². The predicted octanol–water partition coefficient (Wildman–Crippen LogP) is 1.68. The van der Waals surface area contributed by atoms with Crippen molar-refractivity contribution < 1.29 is 19.1 Å². The molecule has 0 bridgehead atoms. The van der Waals surface area contributed by atoms with Gasteiger partial charge in [0, 0.05) is 17.7 Å². The zero-order valence-corrected chi connectivity index (χ0v) is 15.0. The van der Waals surface area contributed by atoms with Crippen LogP contribution in [0.15, 0.2) is 36.5 Å². The Bertz CT molecular complexity index is 798. The molecule has 2 rings (SSSR count). The van der Waals surface area contributed by atoms with Gasteiger partial charge in [0.05, 0.1) is 6.20 Å². The van der Waals surface area contributed by atoms with E-state index in [1.165, 1.54) is 0 Å². The van der Waals surface area contributed by atoms with Crippen molar-refractivity contribution in [2.24, 2.45) is 0 Å². The van der Waals surface area contributed by atoms with Gasteiger partial charge in [0.2, 0.25) is 0 Å². The van der Waals surface area contributed by atoms with Crippen LogP contribution in [0.5, 0.6) is 0 Å². The van der Waals surface area contributed by atoms with E-state index in [0.717, 1.165) is 5.56 Å². The number of anilines is 1. The minimum atomic E-state index is -0.696. The third-order valence-corrected chi connectivity index (χ3v) is 3.46. The molecule has 1 aromatic heterocycles. The number of benzene rings is 1. The fourth-order valence-electron chi connectivity index (χ4n) is 2.24. The van der Waals surface area contributed by atoms with Crippen LogP contribution < -0.4 is 10.6 Å². The summed E-state index contributed by atoms with van der Waals surface area (Å²) in [5, 5.41) is 9.18. The molecule has 0 saturated heterocycles. The summed E-state index contributed by atoms with van der Waals surface area (Å²) in [7, 11) is 0. The van der Waals surface area contributed by atoms with Crippen LogP contribution in [-0.2, 0) is 14.3 Å². The van der Waals surface area contributed by atoms with Crippen molar-refractivity contribution >= 4 is 23.6 Å². The van der Waals surface area contributed by atoms with Gasteiger partial charge in [-0.2, -0.15) is 5.10 Å². The first kappa shape index (κ1) is 19.2. The maximum absolute atomic E-state index is 11.9. The number of esters is 1. The van der Waals surface area contributed by atoms with Crippen molar-refractivity contribution in [3.8, 4) is 0 Å². The van der Waals surface area contributed by atoms with Crippen LogP contribution in [0.1, 0.15) is 35.8 Å². The molecule has 138 valence electrons. The summed E-state index contributed by atoms with van der Waals surface area (Å²) in [6.07, 6.45) is 1.57. The minimum absolute atomic E-state index is 0.0830. The number of aromatic nitrogens is 2. The van der Waals surface area contributed by atoms with Gasteiger partial charge < -0.3 is 15.4 Å². The maximum Gasteiger partial charge on any atom is 0.325 e. The third-order valence-electron chi connectivity index (χ3n) is 3.46. The molecule has 0 atom stereocenters. The van der Waals surface area contributed by atoms with E-state index in [2.05, 4.69) is 15.7 Å². The lowest BCUT2D eigenvalue weighted by atomic mass is 10.1. The quantitative estimate of drug-likeness (QED) is 0.733. The Balaban J connectivity index is 1.75. The summed E-state index contributed by atoms with van der Waals surface area (Å²) >= 11 is 0. The van der Waals surface area contributed by atoms with Gasteiger partial charge in [0.25, 0.3) is 11.8 Å². The number of carbonyl (C=O) groups excluding carboxylic acids is 3. The van der Waals surface area contributed by atoms with Crippen molar-refractivity contribution in [2.45, 2.75) is 26.8 Å². The summed E-state index contributed by atoms with van der Waals surface area (Å²) in [6, 6.07) is 8.73. The van der Waals surface area contributed by atoms with Gasteiger partial charge in [-0.25, -0.2) is 4.68 Å². The van der Waals surface area contributed by atoms with E-state index >= 15 is 0 Å². The van der Waals surface area contributed by atoms with E-state index in [4.69, 9.17) is 4.74 Å². The molecule has 2 amide bonds. The van der Waals surface area contributed by atoms with E-state index in [1.807, 2.05) is 26.8 Å². The molecule has 2 aromatic rings. The number of nitrogens with one attached hydrogen (secondary N) is 2. The molecule has 0 spiro atoms. The highest BCUT2D eigenvalue weighted by atomic mass is 16.5. The molecule has 2 N–H and O–H groups in total. The predicted molar refractivity (Wildman–Crippen MR) is 95.7 cm³/mol. The number of rotatable bonds is 7. The molecular weight excluding hydrogens is 336 g/mol. The van der Waals surface area contributed by atoms with Crippen LogP contribution in [0.2, 0.25) is 0 Å². The Hall–Kier alpha value is -3.16. The monoisotopic (exact) mass is 358 g/mol. The second-order valence-corrected chi connectivity index (χ2v) is 6.02. The molecule has 0 aliphatic rings. The lowest BCUT2D eigenvalue weighted by Gasteiger charge is -2.12. The molecule has 0 fully saturated rings. The van der Waals surface area contributed by atoms with Crippen molar-refractivity contribution in [1.82, 2.24) is 15.1 Å². The molecule has 0 radical (unpaired) electrons. The number of hydrogen-bond acceptors (Lipinski definition) is 5. The first-order valence-corrected chi connectivity index (χ1v) is 8.20. The lowest BCUT2D eigenvalue weighted by Crippen LogP contribution is -2.32. The van der Waals surface area contributed by atoms with E-state index < -0.39 is 18.5 Å². The zero-order valence-electron chi connectivity index (χ0n) is 15.0. The summed E-state index contributed by atoms with van der Waals surface area (Å²) in [5.74, 6) is -1.03. The molecule has 0 aliphatic carbocycles. The average Bonchev–Trinajstić information content (AvgIpc) is 3.06. The first-order chi connectivity index (χ1) is 12.4. The molecule has 8 heteroatoms. The largest absolute Gasteiger partial charge is 0.454 e. The number of ether oxygens (including phenoxy) is 1. The number of hydrogen-bond donors (Lipinski definition) is 2. The number of aryl methyl sites for hydroxylation is 1. The SMILES string of the molecule is Cc1cccc(C(=O)NCC(=O)OCC(=O)Nc2ccnn2C(C)C)c1. The number of carbonyl (C=O) groups is 3. The Morgan fingerprint density at radius 3 is 2.69 bits per heavy atom. The van der Waals surface area contributed by atoms with E-state index in [9.17, 15) is 14.4 Å². The summed E-state index contributed by atoms with van der Waals surface area (Å²) < 4.78 is 6.51. The molecule has 8 nitrogen and oxygen atoms in total. The second-order valence-electron chi connectivity index (χ2n) is 6.02. The fraction of sp³-hybridized carbons (Fsp3) is 0.333. The number of amides is 2. The molecule has 0 unspecified atom stereocenters. The maximum atomic E-state index is 11.9. The third kappa shape index (κ3) is 5.44. The van der Waals surface area contributed by atoms with Crippen LogP contribution in [0, 0.1) is 6.92 Å². The average molecular weight is 358 g/mol. The van der Waals surface area contributed by atoms with Crippen molar-refractivity contribution in [3.05, 3.63) is 47.7 Å². The standard InChI is InChI=1S/C18H22N4O4/c1-12(2)22-15(7-8-20-22)21-16(23)11-26-17(24)10-19-18(25)14-6-4-5-13(3)9-14/h4-9,12H,10-11H2,1-3H3,(H,19,25)(H,21,23). The summed E-state index contributed by atoms with van der Waals surface area (Å²) in [5.41, 5.74) is 1.40. The summed E-state index contributed by atoms with van der Waals surface area (Å²) in [4.78, 5) is 35.5. The number of nitrogens with zero attached hydrogens (tertiary/aromatic N) is 2. The molecule has 1 aromatic carbocycles. The molecule has 1 heterocycles. The molecular formula is C18H22N4O4. The fourth-order valence-corrected chi connectivity index (χ4v) is 2.24. The van der Waals surface area contributed by atoms with Crippen molar-refractivity contribution in [3.63, 3.8) is 0 Å². The van der Waals surface area contributed by atoms with Gasteiger partial charge in [-0.15, -0.1) is 0 Å². The highest BCUT2D eigenvalue weighted by Gasteiger charge is 2.13. The Kier molecular flexibility index (Phi) is 6.48. The van der Waals surface area contributed by atoms with Gasteiger partial charge >= 0.3 is 5.97 Å². The Morgan fingerprint density at radius 1 is 1.23 bits per heavy atom. The van der Waals surface area contributed by atoms with Crippen LogP contribution in [0.25, 0.3) is 0 Å². The minimum Gasteiger partial charge on any atom is -0.454 e. The van der Waals surface area contributed by atoms with Crippen LogP contribution in [0.4, 0.5) is 5.82 Å². The van der Waals surface area contributed by atoms with E-state index in [1.54, 1.807) is 35.1 Å². The van der Waals surface area contributed by atoms with Crippen LogP contribution >= 0.6 is 0 Å². The highest BCUT2D eigenvalue weighted by Crippen LogP contribution is 2.12. The van der Waals surface area contributed by atoms with Crippen molar-refractivity contribution in [2.75, 3.05) is 18.5 Å². The second kappa shape index (κ2) is 8.80. The highest BCUT2D eigenvalue weighted by molar-refractivity contribution is 5.96. The van der Waals surface area contributed by atoms with Gasteiger partial charge in [0.1, 0.15) is 12.4 Å². The first-order valence-electron chi connectivity index (χ1n) is 8.20. The van der Waals surface area contributed by atoms with E-state index in [-0.39, 0.29) is 18.5 Å². The molecule has 0 saturated carbocycles. The zero-order chi connectivity index (χ0) is 19.1.